The minimum Gasteiger partial charge on any atom is -0.481 e. The normalized spacial score (nSPS) is 14.1. The molecule has 0 radical (unpaired) electrons. The van der Waals surface area contributed by atoms with Gasteiger partial charge in [0.2, 0.25) is 0 Å². The molecular formula is C16H23NO4. The van der Waals surface area contributed by atoms with Gasteiger partial charge >= 0.3 is 12.1 Å². The van der Waals surface area contributed by atoms with Gasteiger partial charge in [-0.1, -0.05) is 30.3 Å². The zero-order chi connectivity index (χ0) is 16.0. The number of alkyl carbamates (subject to hydrolysis) is 1. The van der Waals surface area contributed by atoms with Crippen molar-refractivity contribution in [2.75, 3.05) is 0 Å². The van der Waals surface area contributed by atoms with E-state index in [2.05, 4.69) is 5.32 Å². The summed E-state index contributed by atoms with van der Waals surface area (Å²) in [5.41, 5.74) is 0.310. The second-order valence-corrected chi connectivity index (χ2v) is 6.07. The Labute approximate surface area is 125 Å². The summed E-state index contributed by atoms with van der Waals surface area (Å²) in [7, 11) is 0. The lowest BCUT2D eigenvalue weighted by atomic mass is 9.93. The number of hydrogen-bond donors (Lipinski definition) is 2. The summed E-state index contributed by atoms with van der Waals surface area (Å²) in [6.45, 7) is 6.95. The van der Waals surface area contributed by atoms with Crippen LogP contribution in [0.1, 0.15) is 33.3 Å². The fraction of sp³-hybridized carbons (Fsp3) is 0.500. The van der Waals surface area contributed by atoms with Gasteiger partial charge in [0.05, 0.1) is 5.92 Å². The number of carbonyl (C=O) groups is 2. The average molecular weight is 293 g/mol. The molecule has 0 aliphatic carbocycles. The van der Waals surface area contributed by atoms with E-state index in [0.29, 0.717) is 6.42 Å². The first kappa shape index (κ1) is 17.0. The SMILES string of the molecule is C[C@@H](NC(=O)OC(C)(C)C)[C@@H](Cc1ccccc1)C(=O)O. The Balaban J connectivity index is 2.68. The third-order valence-corrected chi connectivity index (χ3v) is 2.96. The molecule has 0 aliphatic heterocycles. The molecule has 2 atom stereocenters. The van der Waals surface area contributed by atoms with Gasteiger partial charge in [-0.25, -0.2) is 4.79 Å². The van der Waals surface area contributed by atoms with Crippen LogP contribution in [-0.4, -0.2) is 28.8 Å². The summed E-state index contributed by atoms with van der Waals surface area (Å²) >= 11 is 0. The fourth-order valence-corrected chi connectivity index (χ4v) is 1.94. The van der Waals surface area contributed by atoms with Crippen LogP contribution in [0.15, 0.2) is 30.3 Å². The Kier molecular flexibility index (Phi) is 5.76. The maximum Gasteiger partial charge on any atom is 0.407 e. The van der Waals surface area contributed by atoms with Gasteiger partial charge in [0.1, 0.15) is 5.60 Å². The number of aliphatic carboxylic acids is 1. The zero-order valence-corrected chi connectivity index (χ0v) is 12.9. The molecule has 116 valence electrons. The van der Waals surface area contributed by atoms with Crippen molar-refractivity contribution in [3.63, 3.8) is 0 Å². The first-order chi connectivity index (χ1) is 9.69. The highest BCUT2D eigenvalue weighted by molar-refractivity contribution is 5.74. The van der Waals surface area contributed by atoms with Crippen molar-refractivity contribution < 1.29 is 19.4 Å². The van der Waals surface area contributed by atoms with E-state index in [0.717, 1.165) is 5.56 Å². The van der Waals surface area contributed by atoms with E-state index in [1.807, 2.05) is 30.3 Å². The first-order valence-corrected chi connectivity index (χ1v) is 6.95. The molecule has 5 heteroatoms. The minimum absolute atomic E-state index is 0.354. The third-order valence-electron chi connectivity index (χ3n) is 2.96. The first-order valence-electron chi connectivity index (χ1n) is 6.95. The van der Waals surface area contributed by atoms with Crippen molar-refractivity contribution in [3.05, 3.63) is 35.9 Å². The number of carbonyl (C=O) groups excluding carboxylic acids is 1. The highest BCUT2D eigenvalue weighted by Gasteiger charge is 2.27. The maximum absolute atomic E-state index is 11.7. The molecule has 1 aromatic carbocycles. The summed E-state index contributed by atoms with van der Waals surface area (Å²) in [6.07, 6.45) is -0.248. The summed E-state index contributed by atoms with van der Waals surface area (Å²) in [6, 6.07) is 8.81. The summed E-state index contributed by atoms with van der Waals surface area (Å²) in [5.74, 6) is -1.65. The fourth-order valence-electron chi connectivity index (χ4n) is 1.94. The van der Waals surface area contributed by atoms with E-state index in [4.69, 9.17) is 4.74 Å². The lowest BCUT2D eigenvalue weighted by molar-refractivity contribution is -0.142. The van der Waals surface area contributed by atoms with Gasteiger partial charge in [0.15, 0.2) is 0 Å². The Hall–Kier alpha value is -2.04. The van der Waals surface area contributed by atoms with Crippen LogP contribution in [0.25, 0.3) is 0 Å². The van der Waals surface area contributed by atoms with E-state index in [1.54, 1.807) is 27.7 Å². The number of amides is 1. The third kappa shape index (κ3) is 6.29. The van der Waals surface area contributed by atoms with Crippen molar-refractivity contribution in [2.45, 2.75) is 45.8 Å². The zero-order valence-electron chi connectivity index (χ0n) is 12.9. The molecule has 1 aromatic rings. The van der Waals surface area contributed by atoms with Crippen LogP contribution in [0.5, 0.6) is 0 Å². The van der Waals surface area contributed by atoms with Gasteiger partial charge in [-0.2, -0.15) is 0 Å². The van der Waals surface area contributed by atoms with Crippen LogP contribution in [0.4, 0.5) is 4.79 Å². The van der Waals surface area contributed by atoms with E-state index >= 15 is 0 Å². The van der Waals surface area contributed by atoms with Crippen molar-refractivity contribution in [3.8, 4) is 0 Å². The average Bonchev–Trinajstić information content (AvgIpc) is 2.34. The number of ether oxygens (including phenoxy) is 1. The monoisotopic (exact) mass is 293 g/mol. The standard InChI is InChI=1S/C16H23NO4/c1-11(17-15(20)21-16(2,3)4)13(14(18)19)10-12-8-6-5-7-9-12/h5-9,11,13H,10H2,1-4H3,(H,17,20)(H,18,19)/t11-,13-/m1/s1. The molecule has 0 aliphatic rings. The molecule has 0 heterocycles. The van der Waals surface area contributed by atoms with Crippen molar-refractivity contribution in [1.82, 2.24) is 5.32 Å². The molecule has 21 heavy (non-hydrogen) atoms. The van der Waals surface area contributed by atoms with Gasteiger partial charge in [-0.3, -0.25) is 4.79 Å². The van der Waals surface area contributed by atoms with Gasteiger partial charge in [0.25, 0.3) is 0 Å². The smallest absolute Gasteiger partial charge is 0.407 e. The Morgan fingerprint density at radius 3 is 2.29 bits per heavy atom. The molecular weight excluding hydrogens is 270 g/mol. The molecule has 0 bridgehead atoms. The Bertz CT molecular complexity index is 479. The predicted molar refractivity (Wildman–Crippen MR) is 80.1 cm³/mol. The molecule has 2 N–H and O–H groups in total. The van der Waals surface area contributed by atoms with Crippen LogP contribution in [0.2, 0.25) is 0 Å². The summed E-state index contributed by atoms with van der Waals surface area (Å²) < 4.78 is 5.15. The van der Waals surface area contributed by atoms with Crippen molar-refractivity contribution >= 4 is 12.1 Å². The van der Waals surface area contributed by atoms with Crippen LogP contribution < -0.4 is 5.32 Å². The topological polar surface area (TPSA) is 75.6 Å². The highest BCUT2D eigenvalue weighted by atomic mass is 16.6. The lowest BCUT2D eigenvalue weighted by Gasteiger charge is -2.25. The van der Waals surface area contributed by atoms with Crippen molar-refractivity contribution in [2.24, 2.45) is 5.92 Å². The number of carboxylic acids is 1. The predicted octanol–water partition coefficient (Wildman–Crippen LogP) is 2.84. The Morgan fingerprint density at radius 2 is 1.81 bits per heavy atom. The lowest BCUT2D eigenvalue weighted by Crippen LogP contribution is -2.44. The quantitative estimate of drug-likeness (QED) is 0.875. The number of rotatable bonds is 5. The summed E-state index contributed by atoms with van der Waals surface area (Å²) in [5, 5.41) is 12.0. The molecule has 0 saturated carbocycles. The highest BCUT2D eigenvalue weighted by Crippen LogP contribution is 2.14. The van der Waals surface area contributed by atoms with Crippen LogP contribution in [0, 0.1) is 5.92 Å². The number of benzene rings is 1. The molecule has 0 saturated heterocycles. The van der Waals surface area contributed by atoms with Crippen LogP contribution >= 0.6 is 0 Å². The van der Waals surface area contributed by atoms with E-state index in [1.165, 1.54) is 0 Å². The van der Waals surface area contributed by atoms with Crippen molar-refractivity contribution in [1.29, 1.82) is 0 Å². The van der Waals surface area contributed by atoms with Gasteiger partial charge in [0, 0.05) is 6.04 Å². The van der Waals surface area contributed by atoms with Gasteiger partial charge in [-0.15, -0.1) is 0 Å². The van der Waals surface area contributed by atoms with E-state index in [9.17, 15) is 14.7 Å². The second-order valence-electron chi connectivity index (χ2n) is 6.07. The molecule has 1 amide bonds. The second kappa shape index (κ2) is 7.11. The molecule has 5 nitrogen and oxygen atoms in total. The Morgan fingerprint density at radius 1 is 1.24 bits per heavy atom. The molecule has 0 aromatic heterocycles. The number of nitrogens with one attached hydrogen (secondary N) is 1. The van der Waals surface area contributed by atoms with Crippen LogP contribution in [0.3, 0.4) is 0 Å². The maximum atomic E-state index is 11.7. The van der Waals surface area contributed by atoms with E-state index < -0.39 is 29.6 Å². The largest absolute Gasteiger partial charge is 0.481 e. The summed E-state index contributed by atoms with van der Waals surface area (Å²) in [4.78, 5) is 23.1. The number of hydrogen-bond acceptors (Lipinski definition) is 3. The van der Waals surface area contributed by atoms with Gasteiger partial charge in [-0.05, 0) is 39.7 Å². The van der Waals surface area contributed by atoms with Crippen LogP contribution in [-0.2, 0) is 16.0 Å². The molecule has 0 spiro atoms. The molecule has 0 fully saturated rings. The molecule has 1 rings (SSSR count). The minimum atomic E-state index is -0.942. The number of carboxylic acid groups (broad SMARTS) is 1. The van der Waals surface area contributed by atoms with E-state index in [-0.39, 0.29) is 0 Å². The van der Waals surface area contributed by atoms with Gasteiger partial charge < -0.3 is 15.2 Å². The molecule has 0 unspecified atom stereocenters.